The molecule has 1 N–H and O–H groups in total. The van der Waals surface area contributed by atoms with Crippen molar-refractivity contribution in [3.05, 3.63) is 46.4 Å². The number of rotatable bonds is 5. The molecule has 6 heteroatoms. The van der Waals surface area contributed by atoms with Crippen molar-refractivity contribution in [3.8, 4) is 0 Å². The summed E-state index contributed by atoms with van der Waals surface area (Å²) in [5.74, 6) is 2.39. The number of fused-ring (bicyclic) bond motifs is 1. The molecule has 1 aromatic carbocycles. The van der Waals surface area contributed by atoms with Crippen LogP contribution in [0.3, 0.4) is 0 Å². The van der Waals surface area contributed by atoms with Crippen molar-refractivity contribution < 1.29 is 4.79 Å². The highest BCUT2D eigenvalue weighted by molar-refractivity contribution is 5.91. The zero-order valence-corrected chi connectivity index (χ0v) is 19.4. The van der Waals surface area contributed by atoms with E-state index in [2.05, 4.69) is 73.0 Å². The van der Waals surface area contributed by atoms with E-state index in [9.17, 15) is 4.79 Å². The molecule has 0 saturated heterocycles. The maximum atomic E-state index is 13.3. The van der Waals surface area contributed by atoms with Crippen LogP contribution in [0.2, 0.25) is 0 Å². The number of carbonyl (C=O) groups is 1. The maximum Gasteiger partial charge on any atom is 0.322 e. The summed E-state index contributed by atoms with van der Waals surface area (Å²) < 4.78 is 0. The quantitative estimate of drug-likeness (QED) is 0.748. The molecule has 30 heavy (non-hydrogen) atoms. The molecule has 1 aliphatic rings. The van der Waals surface area contributed by atoms with Gasteiger partial charge in [0.25, 0.3) is 0 Å². The van der Waals surface area contributed by atoms with Crippen LogP contribution < -0.4 is 10.2 Å². The summed E-state index contributed by atoms with van der Waals surface area (Å²) in [6.07, 6.45) is 0.750. The van der Waals surface area contributed by atoms with Gasteiger partial charge in [-0.15, -0.1) is 0 Å². The summed E-state index contributed by atoms with van der Waals surface area (Å²) in [6.45, 7) is 14.7. The van der Waals surface area contributed by atoms with E-state index in [4.69, 9.17) is 0 Å². The van der Waals surface area contributed by atoms with E-state index in [0.29, 0.717) is 24.9 Å². The first kappa shape index (κ1) is 22.1. The SMILES string of the molecule is CCN(C)c1nc(C)nc2c1CN(C(=O)Nc1c(C(C)C)cccc1C(C)C)CC2. The minimum atomic E-state index is -0.0543. The average molecular weight is 410 g/mol. The molecule has 3 rings (SSSR count). The Bertz CT molecular complexity index is 896. The number of anilines is 2. The van der Waals surface area contributed by atoms with E-state index in [-0.39, 0.29) is 6.03 Å². The molecule has 2 amide bonds. The summed E-state index contributed by atoms with van der Waals surface area (Å²) in [5.41, 5.74) is 5.44. The monoisotopic (exact) mass is 409 g/mol. The van der Waals surface area contributed by atoms with Gasteiger partial charge in [-0.3, -0.25) is 0 Å². The van der Waals surface area contributed by atoms with E-state index in [1.165, 1.54) is 11.1 Å². The highest BCUT2D eigenvalue weighted by Crippen LogP contribution is 2.33. The molecule has 0 saturated carbocycles. The molecule has 1 aliphatic heterocycles. The first-order valence-electron chi connectivity index (χ1n) is 11.0. The Balaban J connectivity index is 1.90. The van der Waals surface area contributed by atoms with Gasteiger partial charge in [0.15, 0.2) is 0 Å². The van der Waals surface area contributed by atoms with Crippen LogP contribution >= 0.6 is 0 Å². The van der Waals surface area contributed by atoms with Crippen molar-refractivity contribution in [1.29, 1.82) is 0 Å². The van der Waals surface area contributed by atoms with Gasteiger partial charge in [-0.25, -0.2) is 14.8 Å². The zero-order valence-electron chi connectivity index (χ0n) is 19.4. The lowest BCUT2D eigenvalue weighted by molar-refractivity contribution is 0.206. The Morgan fingerprint density at radius 1 is 1.17 bits per heavy atom. The Morgan fingerprint density at radius 3 is 2.37 bits per heavy atom. The number of amides is 2. The fraction of sp³-hybridized carbons (Fsp3) is 0.542. The summed E-state index contributed by atoms with van der Waals surface area (Å²) in [4.78, 5) is 26.6. The number of nitrogens with one attached hydrogen (secondary N) is 1. The van der Waals surface area contributed by atoms with Crippen LogP contribution in [-0.4, -0.2) is 41.0 Å². The van der Waals surface area contributed by atoms with Gasteiger partial charge in [0.05, 0.1) is 12.2 Å². The highest BCUT2D eigenvalue weighted by atomic mass is 16.2. The largest absolute Gasteiger partial charge is 0.360 e. The summed E-state index contributed by atoms with van der Waals surface area (Å²) in [6, 6.07) is 6.26. The first-order valence-corrected chi connectivity index (χ1v) is 11.0. The van der Waals surface area contributed by atoms with Gasteiger partial charge in [0.1, 0.15) is 11.6 Å². The molecule has 162 valence electrons. The van der Waals surface area contributed by atoms with Crippen molar-refractivity contribution in [3.63, 3.8) is 0 Å². The minimum absolute atomic E-state index is 0.0543. The number of aromatic nitrogens is 2. The van der Waals surface area contributed by atoms with E-state index in [0.717, 1.165) is 41.6 Å². The number of benzene rings is 1. The minimum Gasteiger partial charge on any atom is -0.360 e. The maximum absolute atomic E-state index is 13.3. The van der Waals surface area contributed by atoms with Crippen molar-refractivity contribution in [2.24, 2.45) is 0 Å². The third-order valence-electron chi connectivity index (χ3n) is 5.88. The third-order valence-corrected chi connectivity index (χ3v) is 5.88. The van der Waals surface area contributed by atoms with E-state index in [1.54, 1.807) is 0 Å². The van der Waals surface area contributed by atoms with E-state index >= 15 is 0 Å². The number of aryl methyl sites for hydroxylation is 1. The molecular weight excluding hydrogens is 374 g/mol. The molecule has 2 heterocycles. The lowest BCUT2D eigenvalue weighted by Crippen LogP contribution is -2.40. The summed E-state index contributed by atoms with van der Waals surface area (Å²) in [5, 5.41) is 3.25. The molecule has 0 aliphatic carbocycles. The van der Waals surface area contributed by atoms with Crippen LogP contribution in [0.15, 0.2) is 18.2 Å². The molecule has 0 spiro atoms. The number of hydrogen-bond donors (Lipinski definition) is 1. The molecular formula is C24H35N5O. The lowest BCUT2D eigenvalue weighted by atomic mass is 9.92. The zero-order chi connectivity index (χ0) is 22.0. The van der Waals surface area contributed by atoms with Crippen LogP contribution in [0.1, 0.15) is 74.7 Å². The highest BCUT2D eigenvalue weighted by Gasteiger charge is 2.27. The normalized spacial score (nSPS) is 13.6. The molecule has 1 aromatic heterocycles. The fourth-order valence-electron chi connectivity index (χ4n) is 4.04. The van der Waals surface area contributed by atoms with Crippen molar-refractivity contribution in [2.75, 3.05) is 30.4 Å². The van der Waals surface area contributed by atoms with E-state index < -0.39 is 0 Å². The average Bonchev–Trinajstić information content (AvgIpc) is 2.71. The third kappa shape index (κ3) is 4.42. The molecule has 0 atom stereocenters. The molecule has 6 nitrogen and oxygen atoms in total. The smallest absolute Gasteiger partial charge is 0.322 e. The predicted octanol–water partition coefficient (Wildman–Crippen LogP) is 5.08. The molecule has 0 unspecified atom stereocenters. The van der Waals surface area contributed by atoms with Gasteiger partial charge in [-0.05, 0) is 36.8 Å². The second kappa shape index (κ2) is 9.02. The molecule has 0 bridgehead atoms. The van der Waals surface area contributed by atoms with Crippen LogP contribution in [0.4, 0.5) is 16.3 Å². The molecule has 2 aromatic rings. The van der Waals surface area contributed by atoms with Gasteiger partial charge in [-0.2, -0.15) is 0 Å². The van der Waals surface area contributed by atoms with Crippen LogP contribution in [0.25, 0.3) is 0 Å². The molecule has 0 fully saturated rings. The number of para-hydroxylation sites is 1. The topological polar surface area (TPSA) is 61.4 Å². The van der Waals surface area contributed by atoms with E-state index in [1.807, 2.05) is 18.9 Å². The lowest BCUT2D eigenvalue weighted by Gasteiger charge is -2.32. The first-order chi connectivity index (χ1) is 14.2. The van der Waals surface area contributed by atoms with Crippen molar-refractivity contribution >= 4 is 17.5 Å². The van der Waals surface area contributed by atoms with Gasteiger partial charge in [-0.1, -0.05) is 45.9 Å². The Morgan fingerprint density at radius 2 is 1.80 bits per heavy atom. The van der Waals surface area contributed by atoms with Crippen LogP contribution in [0, 0.1) is 6.92 Å². The fourth-order valence-corrected chi connectivity index (χ4v) is 4.04. The van der Waals surface area contributed by atoms with Crippen LogP contribution in [0.5, 0.6) is 0 Å². The Hall–Kier alpha value is -2.63. The Labute approximate surface area is 180 Å². The number of hydrogen-bond acceptors (Lipinski definition) is 4. The second-order valence-electron chi connectivity index (χ2n) is 8.76. The van der Waals surface area contributed by atoms with Gasteiger partial charge >= 0.3 is 6.03 Å². The van der Waals surface area contributed by atoms with Crippen molar-refractivity contribution in [2.45, 2.75) is 66.3 Å². The number of carbonyl (C=O) groups excluding carboxylic acids is 1. The predicted molar refractivity (Wildman–Crippen MR) is 123 cm³/mol. The summed E-state index contributed by atoms with van der Waals surface area (Å²) >= 11 is 0. The number of urea groups is 1. The standard InChI is InChI=1S/C24H35N5O/c1-8-28(7)23-20-14-29(13-12-21(20)25-17(6)26-23)24(30)27-22-18(15(2)3)10-9-11-19(22)16(4)5/h9-11,15-16H,8,12-14H2,1-7H3,(H,27,30). The summed E-state index contributed by atoms with van der Waals surface area (Å²) in [7, 11) is 2.04. The van der Waals surface area contributed by atoms with Gasteiger partial charge in [0.2, 0.25) is 0 Å². The van der Waals surface area contributed by atoms with Gasteiger partial charge in [0, 0.05) is 37.8 Å². The van der Waals surface area contributed by atoms with Gasteiger partial charge < -0.3 is 15.1 Å². The second-order valence-corrected chi connectivity index (χ2v) is 8.76. The Kier molecular flexibility index (Phi) is 6.64. The van der Waals surface area contributed by atoms with Crippen LogP contribution in [-0.2, 0) is 13.0 Å². The van der Waals surface area contributed by atoms with Crippen molar-refractivity contribution in [1.82, 2.24) is 14.9 Å². The number of nitrogens with zero attached hydrogens (tertiary/aromatic N) is 4. The molecule has 0 radical (unpaired) electrons.